The summed E-state index contributed by atoms with van der Waals surface area (Å²) in [7, 11) is 1.99. The maximum absolute atomic E-state index is 11.7. The Bertz CT molecular complexity index is 1180. The van der Waals surface area contributed by atoms with Gasteiger partial charge in [-0.1, -0.05) is 48.0 Å². The summed E-state index contributed by atoms with van der Waals surface area (Å²) in [6.07, 6.45) is 1.78. The van der Waals surface area contributed by atoms with Crippen LogP contribution < -0.4 is 5.32 Å². The first kappa shape index (κ1) is 17.9. The molecular formula is C23H22N4O. The monoisotopic (exact) mass is 370 g/mol. The smallest absolute Gasteiger partial charge is 0.203 e. The zero-order valence-corrected chi connectivity index (χ0v) is 16.2. The molecule has 0 radical (unpaired) electrons. The van der Waals surface area contributed by atoms with E-state index in [4.69, 9.17) is 0 Å². The second kappa shape index (κ2) is 7.27. The Hall–Kier alpha value is -3.47. The number of nitrogens with one attached hydrogen (secondary N) is 1. The van der Waals surface area contributed by atoms with Gasteiger partial charge in [0.2, 0.25) is 5.95 Å². The van der Waals surface area contributed by atoms with Gasteiger partial charge in [0.05, 0.1) is 17.4 Å². The molecule has 1 N–H and O–H groups in total. The second-order valence-corrected chi connectivity index (χ2v) is 7.03. The van der Waals surface area contributed by atoms with Crippen LogP contribution in [0.15, 0.2) is 60.8 Å². The molecule has 0 spiro atoms. The van der Waals surface area contributed by atoms with Crippen molar-refractivity contribution in [3.05, 3.63) is 77.5 Å². The first-order chi connectivity index (χ1) is 13.5. The van der Waals surface area contributed by atoms with Crippen LogP contribution in [0.25, 0.3) is 22.3 Å². The Morgan fingerprint density at radius 3 is 2.71 bits per heavy atom. The number of nitrogens with zero attached hydrogens (tertiary/aromatic N) is 3. The maximum Gasteiger partial charge on any atom is 0.203 e. The topological polar surface area (TPSA) is 59.8 Å². The highest BCUT2D eigenvalue weighted by molar-refractivity contribution is 5.95. The van der Waals surface area contributed by atoms with Crippen molar-refractivity contribution >= 4 is 22.8 Å². The van der Waals surface area contributed by atoms with Crippen LogP contribution in [0.1, 0.15) is 28.4 Å². The fourth-order valence-corrected chi connectivity index (χ4v) is 3.31. The van der Waals surface area contributed by atoms with E-state index in [0.717, 1.165) is 28.2 Å². The lowest BCUT2D eigenvalue weighted by Crippen LogP contribution is -2.05. The number of anilines is 1. The zero-order valence-electron chi connectivity index (χ0n) is 16.2. The summed E-state index contributed by atoms with van der Waals surface area (Å²) in [4.78, 5) is 20.9. The Morgan fingerprint density at radius 1 is 1.11 bits per heavy atom. The third-order valence-electron chi connectivity index (χ3n) is 4.87. The van der Waals surface area contributed by atoms with Crippen molar-refractivity contribution in [3.63, 3.8) is 0 Å². The molecule has 28 heavy (non-hydrogen) atoms. The van der Waals surface area contributed by atoms with Crippen LogP contribution in [0.5, 0.6) is 0 Å². The van der Waals surface area contributed by atoms with Crippen LogP contribution in [-0.4, -0.2) is 20.3 Å². The number of fused-ring (bicyclic) bond motifs is 1. The molecule has 0 atom stereocenters. The molecule has 2 aromatic heterocycles. The van der Waals surface area contributed by atoms with Crippen molar-refractivity contribution in [2.24, 2.45) is 7.05 Å². The molecule has 0 fully saturated rings. The summed E-state index contributed by atoms with van der Waals surface area (Å²) >= 11 is 0. The Balaban J connectivity index is 1.64. The van der Waals surface area contributed by atoms with Crippen LogP contribution in [0, 0.1) is 6.92 Å². The lowest BCUT2D eigenvalue weighted by molar-refractivity contribution is 0.101. The van der Waals surface area contributed by atoms with E-state index in [-0.39, 0.29) is 5.78 Å². The van der Waals surface area contributed by atoms with Crippen LogP contribution in [0.3, 0.4) is 0 Å². The van der Waals surface area contributed by atoms with E-state index in [2.05, 4.69) is 46.5 Å². The number of imidazole rings is 1. The van der Waals surface area contributed by atoms with Gasteiger partial charge in [0, 0.05) is 24.7 Å². The van der Waals surface area contributed by atoms with E-state index in [1.54, 1.807) is 13.1 Å². The summed E-state index contributed by atoms with van der Waals surface area (Å²) in [5.74, 6) is 0.846. The highest BCUT2D eigenvalue weighted by atomic mass is 16.1. The second-order valence-electron chi connectivity index (χ2n) is 7.03. The third kappa shape index (κ3) is 3.51. The van der Waals surface area contributed by atoms with Crippen molar-refractivity contribution in [2.75, 3.05) is 5.32 Å². The van der Waals surface area contributed by atoms with Crippen molar-refractivity contribution in [3.8, 4) is 11.3 Å². The highest BCUT2D eigenvalue weighted by Gasteiger charge is 2.11. The summed E-state index contributed by atoms with van der Waals surface area (Å²) in [5.41, 5.74) is 6.71. The van der Waals surface area contributed by atoms with Gasteiger partial charge in [0.1, 0.15) is 5.52 Å². The molecular weight excluding hydrogens is 348 g/mol. The molecule has 0 saturated carbocycles. The first-order valence-electron chi connectivity index (χ1n) is 9.24. The minimum absolute atomic E-state index is 0.0473. The highest BCUT2D eigenvalue weighted by Crippen LogP contribution is 2.25. The van der Waals surface area contributed by atoms with Gasteiger partial charge in [-0.25, -0.2) is 4.98 Å². The summed E-state index contributed by atoms with van der Waals surface area (Å²) < 4.78 is 2.03. The lowest BCUT2D eigenvalue weighted by Gasteiger charge is -2.07. The number of rotatable bonds is 5. The molecule has 0 bridgehead atoms. The number of aromatic nitrogens is 3. The molecule has 5 heteroatoms. The summed E-state index contributed by atoms with van der Waals surface area (Å²) in [6, 6.07) is 18.0. The van der Waals surface area contributed by atoms with Crippen molar-refractivity contribution in [1.82, 2.24) is 14.5 Å². The Labute approximate surface area is 164 Å². The molecule has 0 aliphatic heterocycles. The van der Waals surface area contributed by atoms with Gasteiger partial charge in [-0.15, -0.1) is 0 Å². The number of hydrogen-bond donors (Lipinski definition) is 1. The molecule has 0 amide bonds. The number of carbonyl (C=O) groups is 1. The summed E-state index contributed by atoms with van der Waals surface area (Å²) in [5, 5.41) is 3.41. The van der Waals surface area contributed by atoms with Crippen molar-refractivity contribution in [2.45, 2.75) is 20.4 Å². The number of hydrogen-bond acceptors (Lipinski definition) is 4. The third-order valence-corrected chi connectivity index (χ3v) is 4.87. The fourth-order valence-electron chi connectivity index (χ4n) is 3.31. The van der Waals surface area contributed by atoms with E-state index in [0.29, 0.717) is 12.1 Å². The molecule has 4 rings (SSSR count). The quantitative estimate of drug-likeness (QED) is 0.515. The molecule has 0 saturated heterocycles. The minimum Gasteiger partial charge on any atom is -0.352 e. The van der Waals surface area contributed by atoms with Gasteiger partial charge in [-0.2, -0.15) is 0 Å². The Morgan fingerprint density at radius 2 is 1.93 bits per heavy atom. The van der Waals surface area contributed by atoms with E-state index >= 15 is 0 Å². The SMILES string of the molecule is CC(=O)c1cccc(-c2cc3c(cn2)nc(NCc2cccc(C)c2)n3C)c1. The van der Waals surface area contributed by atoms with Gasteiger partial charge < -0.3 is 9.88 Å². The molecule has 2 aromatic carbocycles. The van der Waals surface area contributed by atoms with Crippen LogP contribution in [-0.2, 0) is 13.6 Å². The number of ketones is 1. The maximum atomic E-state index is 11.7. The molecule has 2 heterocycles. The molecule has 0 aliphatic rings. The molecule has 4 aromatic rings. The van der Waals surface area contributed by atoms with Gasteiger partial charge in [0.25, 0.3) is 0 Å². The van der Waals surface area contributed by atoms with E-state index < -0.39 is 0 Å². The molecule has 0 aliphatic carbocycles. The van der Waals surface area contributed by atoms with Gasteiger partial charge >= 0.3 is 0 Å². The number of aryl methyl sites for hydroxylation is 2. The fraction of sp³-hybridized carbons (Fsp3) is 0.174. The van der Waals surface area contributed by atoms with Gasteiger partial charge in [0.15, 0.2) is 5.78 Å². The van der Waals surface area contributed by atoms with Gasteiger partial charge in [-0.05, 0) is 31.5 Å². The average Bonchev–Trinajstić information content (AvgIpc) is 3.02. The number of pyridine rings is 1. The number of benzene rings is 2. The number of carbonyl (C=O) groups excluding carboxylic acids is 1. The van der Waals surface area contributed by atoms with Gasteiger partial charge in [-0.3, -0.25) is 9.78 Å². The molecule has 5 nitrogen and oxygen atoms in total. The average molecular weight is 370 g/mol. The van der Waals surface area contributed by atoms with E-state index in [9.17, 15) is 4.79 Å². The lowest BCUT2D eigenvalue weighted by atomic mass is 10.1. The zero-order chi connectivity index (χ0) is 19.7. The van der Waals surface area contributed by atoms with Crippen LogP contribution in [0.2, 0.25) is 0 Å². The molecule has 0 unspecified atom stereocenters. The summed E-state index contributed by atoms with van der Waals surface area (Å²) in [6.45, 7) is 4.37. The van der Waals surface area contributed by atoms with Crippen molar-refractivity contribution in [1.29, 1.82) is 0 Å². The van der Waals surface area contributed by atoms with Crippen molar-refractivity contribution < 1.29 is 4.79 Å². The first-order valence-corrected chi connectivity index (χ1v) is 9.24. The van der Waals surface area contributed by atoms with E-state index in [1.807, 2.05) is 41.9 Å². The molecule has 140 valence electrons. The largest absolute Gasteiger partial charge is 0.352 e. The minimum atomic E-state index is 0.0473. The Kier molecular flexibility index (Phi) is 4.65. The van der Waals surface area contributed by atoms with Crippen LogP contribution >= 0.6 is 0 Å². The van der Waals surface area contributed by atoms with E-state index in [1.165, 1.54) is 11.1 Å². The predicted octanol–water partition coefficient (Wildman–Crippen LogP) is 4.76. The predicted molar refractivity (Wildman–Crippen MR) is 112 cm³/mol. The normalized spacial score (nSPS) is 11.0. The standard InChI is InChI=1S/C23H22N4O/c1-15-6-4-7-17(10-15)13-25-23-26-21-14-24-20(12-22(21)27(23)3)19-9-5-8-18(11-19)16(2)28/h4-12,14H,13H2,1-3H3,(H,25,26). The van der Waals surface area contributed by atoms with Crippen LogP contribution in [0.4, 0.5) is 5.95 Å². The number of Topliss-reactive ketones (excluding diaryl/α,β-unsaturated/α-hetero) is 1.